The van der Waals surface area contributed by atoms with Gasteiger partial charge in [-0.15, -0.1) is 0 Å². The van der Waals surface area contributed by atoms with Crippen molar-refractivity contribution < 1.29 is 13.9 Å². The van der Waals surface area contributed by atoms with Gasteiger partial charge in [-0.1, -0.05) is 25.4 Å². The van der Waals surface area contributed by atoms with Gasteiger partial charge in [0.25, 0.3) is 5.91 Å². The van der Waals surface area contributed by atoms with Crippen molar-refractivity contribution in [2.24, 2.45) is 0 Å². The van der Waals surface area contributed by atoms with E-state index in [4.69, 9.17) is 20.8 Å². The number of amides is 1. The number of nitrogens with one attached hydrogen (secondary N) is 1. The van der Waals surface area contributed by atoms with Crippen molar-refractivity contribution in [2.45, 2.75) is 60.1 Å². The molecule has 0 saturated heterocycles. The summed E-state index contributed by atoms with van der Waals surface area (Å²) in [7, 11) is 0. The standard InChI is InChI=1S/C24H30ClN3O3/c1-15(2)20-13-21(25)16(3)11-23(20)30-14-19-7-8-22(31-19)24(29)26-9-6-10-28-18(5)12-17(4)27-28/h7-8,11-13,15H,6,9-10,14H2,1-5H3,(H,26,29). The first-order chi connectivity index (χ1) is 14.7. The van der Waals surface area contributed by atoms with Crippen molar-refractivity contribution in [1.29, 1.82) is 0 Å². The Labute approximate surface area is 188 Å². The molecule has 2 heterocycles. The van der Waals surface area contributed by atoms with E-state index in [0.29, 0.717) is 12.3 Å². The van der Waals surface area contributed by atoms with Gasteiger partial charge in [-0.05, 0) is 74.6 Å². The molecule has 1 amide bonds. The number of furan rings is 1. The van der Waals surface area contributed by atoms with E-state index in [1.165, 1.54) is 0 Å². The second-order valence-electron chi connectivity index (χ2n) is 8.11. The Balaban J connectivity index is 1.51. The van der Waals surface area contributed by atoms with Gasteiger partial charge in [-0.25, -0.2) is 0 Å². The monoisotopic (exact) mass is 443 g/mol. The molecule has 7 heteroatoms. The van der Waals surface area contributed by atoms with Gasteiger partial charge in [0.1, 0.15) is 18.1 Å². The van der Waals surface area contributed by atoms with Crippen molar-refractivity contribution in [3.8, 4) is 5.75 Å². The highest BCUT2D eigenvalue weighted by Crippen LogP contribution is 2.32. The summed E-state index contributed by atoms with van der Waals surface area (Å²) in [6, 6.07) is 9.37. The van der Waals surface area contributed by atoms with Crippen LogP contribution in [0, 0.1) is 20.8 Å². The zero-order valence-electron chi connectivity index (χ0n) is 18.8. The molecular formula is C24H30ClN3O3. The lowest BCUT2D eigenvalue weighted by Gasteiger charge is -2.15. The maximum Gasteiger partial charge on any atom is 0.286 e. The molecule has 2 aromatic heterocycles. The number of hydrogen-bond acceptors (Lipinski definition) is 4. The quantitative estimate of drug-likeness (QED) is 0.438. The number of hydrogen-bond donors (Lipinski definition) is 1. The molecule has 1 aromatic carbocycles. The normalized spacial score (nSPS) is 11.2. The average Bonchev–Trinajstić information content (AvgIpc) is 3.31. The van der Waals surface area contributed by atoms with Crippen LogP contribution in [-0.4, -0.2) is 22.2 Å². The number of halogens is 1. The van der Waals surface area contributed by atoms with Crippen LogP contribution in [-0.2, 0) is 13.2 Å². The zero-order chi connectivity index (χ0) is 22.5. The van der Waals surface area contributed by atoms with Gasteiger partial charge < -0.3 is 14.5 Å². The highest BCUT2D eigenvalue weighted by atomic mass is 35.5. The third-order valence-electron chi connectivity index (χ3n) is 5.10. The van der Waals surface area contributed by atoms with Crippen LogP contribution >= 0.6 is 11.6 Å². The molecule has 6 nitrogen and oxygen atoms in total. The lowest BCUT2D eigenvalue weighted by molar-refractivity contribution is 0.0920. The highest BCUT2D eigenvalue weighted by molar-refractivity contribution is 6.31. The van der Waals surface area contributed by atoms with Crippen LogP contribution in [0.1, 0.15) is 65.0 Å². The predicted octanol–water partition coefficient (Wildman–Crippen LogP) is 5.58. The van der Waals surface area contributed by atoms with Crippen molar-refractivity contribution >= 4 is 17.5 Å². The average molecular weight is 444 g/mol. The number of aromatic nitrogens is 2. The summed E-state index contributed by atoms with van der Waals surface area (Å²) >= 11 is 6.26. The molecule has 1 N–H and O–H groups in total. The molecule has 0 radical (unpaired) electrons. The van der Waals surface area contributed by atoms with Gasteiger partial charge in [-0.3, -0.25) is 9.48 Å². The van der Waals surface area contributed by atoms with Crippen LogP contribution in [0.15, 0.2) is 34.7 Å². The summed E-state index contributed by atoms with van der Waals surface area (Å²) < 4.78 is 13.6. The van der Waals surface area contributed by atoms with E-state index in [-0.39, 0.29) is 24.2 Å². The van der Waals surface area contributed by atoms with Crippen LogP contribution in [0.5, 0.6) is 5.75 Å². The van der Waals surface area contributed by atoms with Crippen molar-refractivity contribution in [3.63, 3.8) is 0 Å². The zero-order valence-corrected chi connectivity index (χ0v) is 19.5. The first kappa shape index (κ1) is 22.9. The molecule has 0 unspecified atom stereocenters. The number of carbonyl (C=O) groups excluding carboxylic acids is 1. The van der Waals surface area contributed by atoms with Gasteiger partial charge in [0, 0.05) is 23.8 Å². The minimum atomic E-state index is -0.232. The lowest BCUT2D eigenvalue weighted by Crippen LogP contribution is -2.25. The van der Waals surface area contributed by atoms with Gasteiger partial charge in [0.05, 0.1) is 5.69 Å². The Hall–Kier alpha value is -2.73. The van der Waals surface area contributed by atoms with Gasteiger partial charge in [-0.2, -0.15) is 5.10 Å². The molecule has 0 atom stereocenters. The largest absolute Gasteiger partial charge is 0.485 e. The number of carbonyl (C=O) groups is 1. The molecule has 0 fully saturated rings. The summed E-state index contributed by atoms with van der Waals surface area (Å²) in [6.45, 7) is 11.7. The van der Waals surface area contributed by atoms with Crippen LogP contribution in [0.4, 0.5) is 0 Å². The van der Waals surface area contributed by atoms with E-state index in [1.54, 1.807) is 12.1 Å². The second-order valence-corrected chi connectivity index (χ2v) is 8.52. The van der Waals surface area contributed by atoms with E-state index in [9.17, 15) is 4.79 Å². The van der Waals surface area contributed by atoms with Crippen molar-refractivity contribution in [1.82, 2.24) is 15.1 Å². The van der Waals surface area contributed by atoms with Gasteiger partial charge in [0.2, 0.25) is 0 Å². The van der Waals surface area contributed by atoms with Crippen LogP contribution in [0.2, 0.25) is 5.02 Å². The van der Waals surface area contributed by atoms with Gasteiger partial charge in [0.15, 0.2) is 5.76 Å². The fourth-order valence-corrected chi connectivity index (χ4v) is 3.56. The fraction of sp³-hybridized carbons (Fsp3) is 0.417. The van der Waals surface area contributed by atoms with Gasteiger partial charge >= 0.3 is 0 Å². The molecule has 166 valence electrons. The fourth-order valence-electron chi connectivity index (χ4n) is 3.39. The van der Waals surface area contributed by atoms with Crippen molar-refractivity contribution in [3.05, 3.63) is 69.4 Å². The highest BCUT2D eigenvalue weighted by Gasteiger charge is 2.14. The van der Waals surface area contributed by atoms with Crippen molar-refractivity contribution in [2.75, 3.05) is 6.54 Å². The first-order valence-electron chi connectivity index (χ1n) is 10.6. The second kappa shape index (κ2) is 10.1. The molecule has 0 aliphatic heterocycles. The molecule has 3 aromatic rings. The smallest absolute Gasteiger partial charge is 0.286 e. The first-order valence-corrected chi connectivity index (χ1v) is 10.9. The van der Waals surface area contributed by atoms with E-state index < -0.39 is 0 Å². The molecule has 0 aliphatic rings. The maximum atomic E-state index is 12.4. The molecule has 31 heavy (non-hydrogen) atoms. The predicted molar refractivity (Wildman–Crippen MR) is 122 cm³/mol. The van der Waals surface area contributed by atoms with E-state index in [1.807, 2.05) is 43.7 Å². The summed E-state index contributed by atoms with van der Waals surface area (Å²) in [6.07, 6.45) is 0.790. The summed E-state index contributed by atoms with van der Waals surface area (Å²) in [5.41, 5.74) is 4.13. The number of aryl methyl sites for hydroxylation is 4. The van der Waals surface area contributed by atoms with Crippen LogP contribution in [0.3, 0.4) is 0 Å². The minimum absolute atomic E-state index is 0.232. The molecule has 0 bridgehead atoms. The third-order valence-corrected chi connectivity index (χ3v) is 5.51. The molecule has 0 aliphatic carbocycles. The molecule has 0 saturated carbocycles. The SMILES string of the molecule is Cc1cc(C)n(CCCNC(=O)c2ccc(COc3cc(C)c(Cl)cc3C(C)C)o2)n1. The lowest BCUT2D eigenvalue weighted by atomic mass is 10.0. The van der Waals surface area contributed by atoms with E-state index in [2.05, 4.69) is 24.3 Å². The van der Waals surface area contributed by atoms with Crippen LogP contribution in [0.25, 0.3) is 0 Å². The Morgan fingerprint density at radius 2 is 2.00 bits per heavy atom. The topological polar surface area (TPSA) is 69.3 Å². The number of benzene rings is 1. The van der Waals surface area contributed by atoms with Crippen LogP contribution < -0.4 is 10.1 Å². The Kier molecular flexibility index (Phi) is 7.44. The van der Waals surface area contributed by atoms with E-state index in [0.717, 1.165) is 46.3 Å². The maximum absolute atomic E-state index is 12.4. The van der Waals surface area contributed by atoms with E-state index >= 15 is 0 Å². The summed E-state index contributed by atoms with van der Waals surface area (Å²) in [5.74, 6) is 1.70. The number of rotatable bonds is 9. The molecule has 0 spiro atoms. The summed E-state index contributed by atoms with van der Waals surface area (Å²) in [4.78, 5) is 12.4. The third kappa shape index (κ3) is 5.91. The minimum Gasteiger partial charge on any atom is -0.485 e. The Bertz CT molecular complexity index is 1050. The molecular weight excluding hydrogens is 414 g/mol. The Morgan fingerprint density at radius 1 is 1.23 bits per heavy atom. The number of ether oxygens (including phenoxy) is 1. The number of nitrogens with zero attached hydrogens (tertiary/aromatic N) is 2. The Morgan fingerprint density at radius 3 is 2.68 bits per heavy atom. The molecule has 3 rings (SSSR count). The summed E-state index contributed by atoms with van der Waals surface area (Å²) in [5, 5.41) is 8.04.